The number of hydrogen-bond donors (Lipinski definition) is 0. The van der Waals surface area contributed by atoms with Crippen molar-refractivity contribution in [1.82, 2.24) is 0 Å². The molecule has 0 spiro atoms. The zero-order valence-electron chi connectivity index (χ0n) is 22.0. The first-order valence-electron chi connectivity index (χ1n) is 14.3. The summed E-state index contributed by atoms with van der Waals surface area (Å²) in [7, 11) is 2.74. The van der Waals surface area contributed by atoms with E-state index in [-0.39, 0.29) is 5.82 Å². The molecule has 0 saturated heterocycles. The fourth-order valence-corrected chi connectivity index (χ4v) is 7.71. The highest BCUT2D eigenvalue weighted by Gasteiger charge is 2.31. The van der Waals surface area contributed by atoms with Gasteiger partial charge in [-0.2, -0.15) is 0 Å². The molecular formula is C32H45FOSi. The van der Waals surface area contributed by atoms with E-state index in [0.717, 1.165) is 52.3 Å². The Kier molecular flexibility index (Phi) is 10.4. The molecule has 2 radical (unpaired) electrons. The van der Waals surface area contributed by atoms with Crippen molar-refractivity contribution in [3.05, 3.63) is 65.0 Å². The molecule has 0 heterocycles. The van der Waals surface area contributed by atoms with E-state index >= 15 is 4.39 Å². The lowest BCUT2D eigenvalue weighted by atomic mass is 9.68. The van der Waals surface area contributed by atoms with Crippen LogP contribution < -0.4 is 5.19 Å². The van der Waals surface area contributed by atoms with Crippen LogP contribution in [0.2, 0.25) is 6.04 Å². The second-order valence-corrected chi connectivity index (χ2v) is 12.6. The lowest BCUT2D eigenvalue weighted by molar-refractivity contribution is 0.0968. The number of halogens is 1. The van der Waals surface area contributed by atoms with Crippen LogP contribution in [0.25, 0.3) is 0 Å². The Labute approximate surface area is 216 Å². The van der Waals surface area contributed by atoms with Crippen molar-refractivity contribution in [3.63, 3.8) is 0 Å². The van der Waals surface area contributed by atoms with Gasteiger partial charge in [0.25, 0.3) is 0 Å². The number of rotatable bonds is 11. The molecule has 0 aliphatic heterocycles. The van der Waals surface area contributed by atoms with Crippen LogP contribution in [0.15, 0.2) is 42.5 Å². The quantitative estimate of drug-likeness (QED) is 0.229. The molecule has 0 amide bonds. The lowest BCUT2D eigenvalue weighted by Gasteiger charge is -2.38. The Morgan fingerprint density at radius 2 is 1.54 bits per heavy atom. The third-order valence-corrected chi connectivity index (χ3v) is 10.1. The standard InChI is InChI=1S/C32H45FOSi/c1-3-4-21-35-31-19-8-24(9-20-31)5-12-29-17-18-30(22-32(29)33)28-15-13-27(14-16-28)26-10-6-25(7-11-26)23-34-2/h8-9,17-20,22,25-28H,3-7,10-16,21,23H2,1-2H3. The minimum Gasteiger partial charge on any atom is -0.384 e. The summed E-state index contributed by atoms with van der Waals surface area (Å²) in [5, 5.41) is 1.45. The largest absolute Gasteiger partial charge is 0.384 e. The van der Waals surface area contributed by atoms with Gasteiger partial charge in [-0.25, -0.2) is 4.39 Å². The molecule has 2 aromatic rings. The first-order valence-corrected chi connectivity index (χ1v) is 15.5. The van der Waals surface area contributed by atoms with Gasteiger partial charge in [0, 0.05) is 13.7 Å². The summed E-state index contributed by atoms with van der Waals surface area (Å²) >= 11 is 0. The molecule has 2 saturated carbocycles. The van der Waals surface area contributed by atoms with Gasteiger partial charge < -0.3 is 4.74 Å². The fraction of sp³-hybridized carbons (Fsp3) is 0.625. The number of ether oxygens (including phenoxy) is 1. The summed E-state index contributed by atoms with van der Waals surface area (Å²) in [6.07, 6.45) is 14.8. The summed E-state index contributed by atoms with van der Waals surface area (Å²) < 4.78 is 20.4. The van der Waals surface area contributed by atoms with Crippen LogP contribution in [-0.2, 0) is 17.6 Å². The molecule has 2 aromatic carbocycles. The van der Waals surface area contributed by atoms with Crippen LogP contribution in [0.4, 0.5) is 4.39 Å². The van der Waals surface area contributed by atoms with E-state index in [1.165, 1.54) is 86.6 Å². The van der Waals surface area contributed by atoms with Crippen molar-refractivity contribution >= 4 is 14.7 Å². The maximum Gasteiger partial charge on any atom is 0.126 e. The Balaban J connectivity index is 1.23. The van der Waals surface area contributed by atoms with Crippen molar-refractivity contribution in [1.29, 1.82) is 0 Å². The SMILES string of the molecule is CCCC[Si]c1ccc(CCc2ccc(C3CCC(C4CCC(COC)CC4)CC3)cc2F)cc1. The normalized spacial score (nSPS) is 25.0. The van der Waals surface area contributed by atoms with E-state index in [2.05, 4.69) is 43.3 Å². The Morgan fingerprint density at radius 1 is 0.857 bits per heavy atom. The minimum atomic E-state index is -0.00115. The third-order valence-electron chi connectivity index (χ3n) is 8.78. The van der Waals surface area contributed by atoms with Gasteiger partial charge in [-0.1, -0.05) is 67.4 Å². The first kappa shape index (κ1) is 26.6. The van der Waals surface area contributed by atoms with Crippen LogP contribution in [0.1, 0.15) is 93.7 Å². The molecule has 3 heteroatoms. The number of aryl methyl sites for hydroxylation is 2. The number of benzene rings is 2. The number of methoxy groups -OCH3 is 1. The van der Waals surface area contributed by atoms with Crippen molar-refractivity contribution in [2.75, 3.05) is 13.7 Å². The highest BCUT2D eigenvalue weighted by atomic mass is 28.2. The van der Waals surface area contributed by atoms with Gasteiger partial charge in [-0.3, -0.25) is 0 Å². The highest BCUT2D eigenvalue weighted by molar-refractivity contribution is 6.53. The van der Waals surface area contributed by atoms with E-state index < -0.39 is 0 Å². The summed E-state index contributed by atoms with van der Waals surface area (Å²) in [5.41, 5.74) is 3.40. The Bertz CT molecular complexity index is 879. The van der Waals surface area contributed by atoms with Gasteiger partial charge in [0.15, 0.2) is 0 Å². The maximum atomic E-state index is 15.0. The van der Waals surface area contributed by atoms with Gasteiger partial charge in [0.1, 0.15) is 5.82 Å². The monoisotopic (exact) mass is 492 g/mol. The minimum absolute atomic E-state index is 0.00115. The maximum absolute atomic E-state index is 15.0. The molecular weight excluding hydrogens is 447 g/mol. The molecule has 0 N–H and O–H groups in total. The summed E-state index contributed by atoms with van der Waals surface area (Å²) in [5.74, 6) is 3.12. The number of unbranched alkanes of at least 4 members (excludes halogenated alkanes) is 1. The predicted octanol–water partition coefficient (Wildman–Crippen LogP) is 7.89. The van der Waals surface area contributed by atoms with Crippen LogP contribution in [-0.4, -0.2) is 23.2 Å². The predicted molar refractivity (Wildman–Crippen MR) is 147 cm³/mol. The number of hydrogen-bond acceptors (Lipinski definition) is 1. The zero-order chi connectivity index (χ0) is 24.5. The van der Waals surface area contributed by atoms with Crippen molar-refractivity contribution < 1.29 is 9.13 Å². The molecule has 2 fully saturated rings. The molecule has 190 valence electrons. The summed E-state index contributed by atoms with van der Waals surface area (Å²) in [6.45, 7) is 3.19. The molecule has 0 unspecified atom stereocenters. The van der Waals surface area contributed by atoms with E-state index in [1.54, 1.807) is 0 Å². The first-order chi connectivity index (χ1) is 17.2. The van der Waals surface area contributed by atoms with Crippen molar-refractivity contribution in [3.8, 4) is 0 Å². The van der Waals surface area contributed by atoms with Gasteiger partial charge in [0.2, 0.25) is 0 Å². The molecule has 0 aromatic heterocycles. The van der Waals surface area contributed by atoms with Crippen molar-refractivity contribution in [2.45, 2.75) is 95.9 Å². The molecule has 4 rings (SSSR count). The third kappa shape index (κ3) is 7.76. The van der Waals surface area contributed by atoms with Gasteiger partial charge in [-0.15, -0.1) is 0 Å². The lowest BCUT2D eigenvalue weighted by Crippen LogP contribution is -2.26. The Hall–Kier alpha value is -1.45. The van der Waals surface area contributed by atoms with Crippen LogP contribution >= 0.6 is 0 Å². The van der Waals surface area contributed by atoms with Crippen LogP contribution in [0, 0.1) is 23.6 Å². The van der Waals surface area contributed by atoms with Gasteiger partial charge >= 0.3 is 0 Å². The van der Waals surface area contributed by atoms with Crippen LogP contribution in [0.5, 0.6) is 0 Å². The van der Waals surface area contributed by atoms with E-state index in [0.29, 0.717) is 5.92 Å². The van der Waals surface area contributed by atoms with Gasteiger partial charge in [0.05, 0.1) is 9.52 Å². The smallest absolute Gasteiger partial charge is 0.126 e. The van der Waals surface area contributed by atoms with Crippen LogP contribution in [0.3, 0.4) is 0 Å². The van der Waals surface area contributed by atoms with Crippen molar-refractivity contribution in [2.24, 2.45) is 17.8 Å². The average Bonchev–Trinajstić information content (AvgIpc) is 2.90. The Morgan fingerprint density at radius 3 is 2.17 bits per heavy atom. The molecule has 0 atom stereocenters. The molecule has 0 bridgehead atoms. The van der Waals surface area contributed by atoms with E-state index in [1.807, 2.05) is 13.2 Å². The highest BCUT2D eigenvalue weighted by Crippen LogP contribution is 2.44. The molecule has 35 heavy (non-hydrogen) atoms. The molecule has 2 aliphatic carbocycles. The summed E-state index contributed by atoms with van der Waals surface area (Å²) in [6, 6.07) is 16.5. The molecule has 1 nitrogen and oxygen atoms in total. The second-order valence-electron chi connectivity index (χ2n) is 11.2. The topological polar surface area (TPSA) is 9.23 Å². The average molecular weight is 493 g/mol. The van der Waals surface area contributed by atoms with E-state index in [4.69, 9.17) is 4.74 Å². The second kappa shape index (κ2) is 13.7. The summed E-state index contributed by atoms with van der Waals surface area (Å²) in [4.78, 5) is 0. The fourth-order valence-electron chi connectivity index (χ4n) is 6.48. The zero-order valence-corrected chi connectivity index (χ0v) is 23.0. The van der Waals surface area contributed by atoms with E-state index in [9.17, 15) is 0 Å². The molecule has 2 aliphatic rings. The van der Waals surface area contributed by atoms with Gasteiger partial charge in [-0.05, 0) is 111 Å².